The summed E-state index contributed by atoms with van der Waals surface area (Å²) in [4.78, 5) is 10.5. The monoisotopic (exact) mass is 202 g/mol. The Bertz CT molecular complexity index is 128. The lowest BCUT2D eigenvalue weighted by molar-refractivity contribution is -0.0375. The van der Waals surface area contributed by atoms with Gasteiger partial charge in [-0.2, -0.15) is 5.48 Å². The molecule has 0 aromatic carbocycles. The van der Waals surface area contributed by atoms with Gasteiger partial charge in [-0.15, -0.1) is 0 Å². The Labute approximate surface area is 86.3 Å². The van der Waals surface area contributed by atoms with Gasteiger partial charge in [0.25, 0.3) is 0 Å². The van der Waals surface area contributed by atoms with Crippen molar-refractivity contribution in [2.45, 2.75) is 38.6 Å². The first-order chi connectivity index (χ1) is 6.88. The van der Waals surface area contributed by atoms with Gasteiger partial charge in [0.15, 0.2) is 0 Å². The molecule has 0 bridgehead atoms. The maximum Gasteiger partial charge on any atom is 0.0725 e. The third-order valence-corrected chi connectivity index (χ3v) is 2.73. The lowest BCUT2D eigenvalue weighted by atomic mass is 9.85. The van der Waals surface area contributed by atoms with E-state index in [1.54, 1.807) is 7.05 Å². The summed E-state index contributed by atoms with van der Waals surface area (Å²) in [6.45, 7) is 3.48. The van der Waals surface area contributed by atoms with E-state index in [9.17, 15) is 0 Å². The third kappa shape index (κ3) is 3.92. The van der Waals surface area contributed by atoms with Gasteiger partial charge in [0.1, 0.15) is 0 Å². The molecular weight excluding hydrogens is 180 g/mol. The zero-order valence-electron chi connectivity index (χ0n) is 9.21. The first kappa shape index (κ1) is 11.9. The van der Waals surface area contributed by atoms with E-state index < -0.39 is 0 Å². The normalized spacial score (nSPS) is 27.9. The molecule has 2 N–H and O–H groups in total. The SMILES string of the molecule is CCONC1CCCCC1CONC. The van der Waals surface area contributed by atoms with Crippen LogP contribution in [0.25, 0.3) is 0 Å². The fourth-order valence-electron chi connectivity index (χ4n) is 1.94. The smallest absolute Gasteiger partial charge is 0.0725 e. The summed E-state index contributed by atoms with van der Waals surface area (Å²) in [5.41, 5.74) is 5.85. The van der Waals surface area contributed by atoms with Gasteiger partial charge in [0.05, 0.1) is 13.2 Å². The van der Waals surface area contributed by atoms with Crippen LogP contribution in [0.1, 0.15) is 32.6 Å². The van der Waals surface area contributed by atoms with Gasteiger partial charge in [0, 0.05) is 19.0 Å². The first-order valence-electron chi connectivity index (χ1n) is 5.54. The zero-order valence-corrected chi connectivity index (χ0v) is 9.21. The van der Waals surface area contributed by atoms with Crippen molar-refractivity contribution in [1.29, 1.82) is 0 Å². The fraction of sp³-hybridized carbons (Fsp3) is 1.00. The van der Waals surface area contributed by atoms with Gasteiger partial charge >= 0.3 is 0 Å². The maximum absolute atomic E-state index is 5.26. The number of rotatable bonds is 6. The van der Waals surface area contributed by atoms with Crippen LogP contribution in [0.4, 0.5) is 0 Å². The number of hydroxylamine groups is 2. The van der Waals surface area contributed by atoms with E-state index in [1.165, 1.54) is 25.7 Å². The highest BCUT2D eigenvalue weighted by Crippen LogP contribution is 2.24. The minimum Gasteiger partial charge on any atom is -0.302 e. The standard InChI is InChI=1S/C10H22N2O2/c1-3-13-12-10-7-5-4-6-9(10)8-14-11-2/h9-12H,3-8H2,1-2H3. The van der Waals surface area contributed by atoms with E-state index in [1.807, 2.05) is 6.92 Å². The highest BCUT2D eigenvalue weighted by molar-refractivity contribution is 4.78. The summed E-state index contributed by atoms with van der Waals surface area (Å²) >= 11 is 0. The molecule has 0 amide bonds. The van der Waals surface area contributed by atoms with Gasteiger partial charge in [0.2, 0.25) is 0 Å². The van der Waals surface area contributed by atoms with Gasteiger partial charge in [-0.05, 0) is 19.8 Å². The highest BCUT2D eigenvalue weighted by Gasteiger charge is 2.25. The molecule has 2 unspecified atom stereocenters. The largest absolute Gasteiger partial charge is 0.302 e. The fourth-order valence-corrected chi connectivity index (χ4v) is 1.94. The van der Waals surface area contributed by atoms with Crippen molar-refractivity contribution in [3.8, 4) is 0 Å². The Morgan fingerprint density at radius 2 is 2.00 bits per heavy atom. The second kappa shape index (κ2) is 7.17. The average Bonchev–Trinajstić information content (AvgIpc) is 2.24. The van der Waals surface area contributed by atoms with Gasteiger partial charge in [-0.3, -0.25) is 0 Å². The first-order valence-corrected chi connectivity index (χ1v) is 5.54. The van der Waals surface area contributed by atoms with Crippen LogP contribution >= 0.6 is 0 Å². The summed E-state index contributed by atoms with van der Waals surface area (Å²) in [6, 6.07) is 0.456. The van der Waals surface area contributed by atoms with Crippen LogP contribution in [0.3, 0.4) is 0 Å². The molecule has 84 valence electrons. The molecule has 4 heteroatoms. The van der Waals surface area contributed by atoms with E-state index in [-0.39, 0.29) is 0 Å². The van der Waals surface area contributed by atoms with Gasteiger partial charge in [-0.25, -0.2) is 5.48 Å². The van der Waals surface area contributed by atoms with Crippen molar-refractivity contribution in [1.82, 2.24) is 11.0 Å². The summed E-state index contributed by atoms with van der Waals surface area (Å²) in [7, 11) is 1.80. The summed E-state index contributed by atoms with van der Waals surface area (Å²) in [5, 5.41) is 0. The lowest BCUT2D eigenvalue weighted by Crippen LogP contribution is -2.41. The lowest BCUT2D eigenvalue weighted by Gasteiger charge is -2.31. The Kier molecular flexibility index (Phi) is 6.10. The summed E-state index contributed by atoms with van der Waals surface area (Å²) < 4.78 is 0. The summed E-state index contributed by atoms with van der Waals surface area (Å²) in [6.07, 6.45) is 5.02. The molecule has 2 atom stereocenters. The van der Waals surface area contributed by atoms with Crippen LogP contribution in [0.5, 0.6) is 0 Å². The van der Waals surface area contributed by atoms with E-state index >= 15 is 0 Å². The quantitative estimate of drug-likeness (QED) is 0.636. The molecule has 1 aliphatic rings. The molecule has 0 radical (unpaired) electrons. The minimum absolute atomic E-state index is 0.456. The molecule has 1 rings (SSSR count). The van der Waals surface area contributed by atoms with Crippen LogP contribution in [0, 0.1) is 5.92 Å². The van der Waals surface area contributed by atoms with Gasteiger partial charge in [-0.1, -0.05) is 12.8 Å². The third-order valence-electron chi connectivity index (χ3n) is 2.73. The molecule has 0 aromatic heterocycles. The predicted octanol–water partition coefficient (Wildman–Crippen LogP) is 1.24. The van der Waals surface area contributed by atoms with E-state index in [4.69, 9.17) is 9.68 Å². The van der Waals surface area contributed by atoms with E-state index in [0.717, 1.165) is 13.2 Å². The van der Waals surface area contributed by atoms with Crippen LogP contribution in [-0.2, 0) is 9.68 Å². The second-order valence-electron chi connectivity index (χ2n) is 3.72. The van der Waals surface area contributed by atoms with Crippen LogP contribution in [0.15, 0.2) is 0 Å². The van der Waals surface area contributed by atoms with Crippen molar-refractivity contribution in [3.63, 3.8) is 0 Å². The molecule has 0 saturated heterocycles. The van der Waals surface area contributed by atoms with Crippen molar-refractivity contribution in [2.24, 2.45) is 5.92 Å². The maximum atomic E-state index is 5.26. The molecule has 1 saturated carbocycles. The second-order valence-corrected chi connectivity index (χ2v) is 3.72. The Hall–Kier alpha value is -0.160. The van der Waals surface area contributed by atoms with Crippen molar-refractivity contribution in [3.05, 3.63) is 0 Å². The highest BCUT2D eigenvalue weighted by atomic mass is 16.6. The topological polar surface area (TPSA) is 42.5 Å². The van der Waals surface area contributed by atoms with Crippen LogP contribution in [0.2, 0.25) is 0 Å². The van der Waals surface area contributed by atoms with Crippen LogP contribution < -0.4 is 11.0 Å². The van der Waals surface area contributed by atoms with Crippen molar-refractivity contribution >= 4 is 0 Å². The predicted molar refractivity (Wildman–Crippen MR) is 55.5 cm³/mol. The summed E-state index contributed by atoms with van der Waals surface area (Å²) in [5.74, 6) is 0.572. The molecule has 1 aliphatic carbocycles. The van der Waals surface area contributed by atoms with Crippen LogP contribution in [-0.4, -0.2) is 26.3 Å². The molecule has 1 fully saturated rings. The number of nitrogens with one attached hydrogen (secondary N) is 2. The van der Waals surface area contributed by atoms with Gasteiger partial charge < -0.3 is 9.68 Å². The van der Waals surface area contributed by atoms with E-state index in [2.05, 4.69) is 11.0 Å². The molecular formula is C10H22N2O2. The molecule has 4 nitrogen and oxygen atoms in total. The number of hydrogen-bond acceptors (Lipinski definition) is 4. The molecule has 0 aliphatic heterocycles. The van der Waals surface area contributed by atoms with Crippen molar-refractivity contribution in [2.75, 3.05) is 20.3 Å². The number of hydrogen-bond donors (Lipinski definition) is 2. The Morgan fingerprint density at radius 3 is 2.71 bits per heavy atom. The molecule has 0 aromatic rings. The molecule has 0 heterocycles. The zero-order chi connectivity index (χ0) is 10.2. The molecule has 14 heavy (non-hydrogen) atoms. The minimum atomic E-state index is 0.456. The Morgan fingerprint density at radius 1 is 1.21 bits per heavy atom. The van der Waals surface area contributed by atoms with Crippen molar-refractivity contribution < 1.29 is 9.68 Å². The Balaban J connectivity index is 2.26. The van der Waals surface area contributed by atoms with E-state index in [0.29, 0.717) is 12.0 Å². The molecule has 0 spiro atoms. The average molecular weight is 202 g/mol.